The summed E-state index contributed by atoms with van der Waals surface area (Å²) in [6.45, 7) is 6.42. The number of amides is 2. The fourth-order valence-corrected chi connectivity index (χ4v) is 4.09. The number of piperazine rings is 1. The highest BCUT2D eigenvalue weighted by Crippen LogP contribution is 2.40. The number of rotatable bonds is 3. The van der Waals surface area contributed by atoms with E-state index < -0.39 is 0 Å². The first-order valence-corrected chi connectivity index (χ1v) is 8.86. The molecule has 1 aromatic heterocycles. The minimum absolute atomic E-state index is 0.0107. The van der Waals surface area contributed by atoms with Gasteiger partial charge in [-0.05, 0) is 12.5 Å². The summed E-state index contributed by atoms with van der Waals surface area (Å²) in [5.74, 6) is -0.173. The summed E-state index contributed by atoms with van der Waals surface area (Å²) in [7, 11) is 0. The number of hydrogen-bond acceptors (Lipinski definition) is 4. The molecule has 3 rings (SSSR count). The molecule has 1 aliphatic heterocycles. The smallest absolute Gasteiger partial charge is 0.257 e. The Morgan fingerprint density at radius 2 is 1.83 bits per heavy atom. The van der Waals surface area contributed by atoms with Gasteiger partial charge in [-0.15, -0.1) is 11.3 Å². The average Bonchev–Trinajstić information content (AvgIpc) is 2.91. The lowest BCUT2D eigenvalue weighted by Crippen LogP contribution is -2.46. The van der Waals surface area contributed by atoms with Crippen LogP contribution in [0.1, 0.15) is 22.2 Å². The Labute approximate surface area is 145 Å². The molecule has 6 heteroatoms. The maximum absolute atomic E-state index is 13.2. The van der Waals surface area contributed by atoms with Crippen LogP contribution in [-0.4, -0.2) is 42.9 Å². The van der Waals surface area contributed by atoms with Gasteiger partial charge in [0, 0.05) is 43.5 Å². The second-order valence-electron chi connectivity index (χ2n) is 5.83. The zero-order valence-corrected chi connectivity index (χ0v) is 14.7. The molecule has 0 bridgehead atoms. The van der Waals surface area contributed by atoms with Gasteiger partial charge in [0.2, 0.25) is 5.91 Å². The molecule has 0 spiro atoms. The molecule has 1 aliphatic rings. The van der Waals surface area contributed by atoms with Gasteiger partial charge in [0.15, 0.2) is 0 Å². The molecule has 0 unspecified atom stereocenters. The minimum atomic E-state index is -0.162. The standard InChI is InChI=1S/C18H21N3O2S/c1-12-15(14-6-4-3-5-7-14)16(17(24-12)20-13(2)22)18(23)21-10-8-19-9-11-21/h3-7,19H,8-11H2,1-2H3,(H,20,22). The number of carbonyl (C=O) groups excluding carboxylic acids is 2. The van der Waals surface area contributed by atoms with Gasteiger partial charge < -0.3 is 15.5 Å². The molecule has 0 saturated carbocycles. The zero-order valence-electron chi connectivity index (χ0n) is 13.9. The largest absolute Gasteiger partial charge is 0.336 e. The lowest BCUT2D eigenvalue weighted by atomic mass is 10.0. The van der Waals surface area contributed by atoms with Crippen LogP contribution < -0.4 is 10.6 Å². The van der Waals surface area contributed by atoms with E-state index in [4.69, 9.17) is 0 Å². The van der Waals surface area contributed by atoms with E-state index in [0.717, 1.165) is 29.1 Å². The van der Waals surface area contributed by atoms with Gasteiger partial charge in [0.1, 0.15) is 5.00 Å². The highest BCUT2D eigenvalue weighted by atomic mass is 32.1. The maximum Gasteiger partial charge on any atom is 0.257 e. The van der Waals surface area contributed by atoms with Crippen molar-refractivity contribution in [1.82, 2.24) is 10.2 Å². The SMILES string of the molecule is CC(=O)Nc1sc(C)c(-c2ccccc2)c1C(=O)N1CCNCC1. The summed E-state index contributed by atoms with van der Waals surface area (Å²) < 4.78 is 0. The second kappa shape index (κ2) is 7.15. The van der Waals surface area contributed by atoms with Crippen LogP contribution in [0.4, 0.5) is 5.00 Å². The molecule has 2 N–H and O–H groups in total. The van der Waals surface area contributed by atoms with Crippen molar-refractivity contribution in [2.24, 2.45) is 0 Å². The van der Waals surface area contributed by atoms with Gasteiger partial charge >= 0.3 is 0 Å². The van der Waals surface area contributed by atoms with E-state index >= 15 is 0 Å². The Hall–Kier alpha value is -2.18. The molecule has 0 aliphatic carbocycles. The van der Waals surface area contributed by atoms with Gasteiger partial charge in [-0.3, -0.25) is 9.59 Å². The third-order valence-electron chi connectivity index (χ3n) is 4.05. The number of anilines is 1. The molecule has 1 fully saturated rings. The number of carbonyl (C=O) groups is 2. The van der Waals surface area contributed by atoms with Gasteiger partial charge in [0.05, 0.1) is 5.56 Å². The highest BCUT2D eigenvalue weighted by Gasteiger charge is 2.28. The van der Waals surface area contributed by atoms with Crippen molar-refractivity contribution in [2.45, 2.75) is 13.8 Å². The lowest BCUT2D eigenvalue weighted by molar-refractivity contribution is -0.114. The predicted octanol–water partition coefficient (Wildman–Crippen LogP) is 2.73. The van der Waals surface area contributed by atoms with Crippen LogP contribution in [0, 0.1) is 6.92 Å². The first-order valence-electron chi connectivity index (χ1n) is 8.04. The highest BCUT2D eigenvalue weighted by molar-refractivity contribution is 7.17. The van der Waals surface area contributed by atoms with E-state index in [2.05, 4.69) is 10.6 Å². The van der Waals surface area contributed by atoms with Crippen LogP contribution in [0.25, 0.3) is 11.1 Å². The number of thiophene rings is 1. The van der Waals surface area contributed by atoms with Crippen LogP contribution in [-0.2, 0) is 4.79 Å². The van der Waals surface area contributed by atoms with Crippen molar-refractivity contribution < 1.29 is 9.59 Å². The molecule has 24 heavy (non-hydrogen) atoms. The maximum atomic E-state index is 13.2. The first kappa shape index (κ1) is 16.7. The quantitative estimate of drug-likeness (QED) is 0.901. The molecule has 2 aromatic rings. The molecule has 2 heterocycles. The lowest BCUT2D eigenvalue weighted by Gasteiger charge is -2.28. The van der Waals surface area contributed by atoms with Crippen LogP contribution in [0.3, 0.4) is 0 Å². The number of benzene rings is 1. The van der Waals surface area contributed by atoms with Crippen molar-refractivity contribution >= 4 is 28.2 Å². The molecule has 5 nitrogen and oxygen atoms in total. The summed E-state index contributed by atoms with van der Waals surface area (Å²) >= 11 is 1.46. The van der Waals surface area contributed by atoms with Gasteiger partial charge in [-0.1, -0.05) is 30.3 Å². The average molecular weight is 343 g/mol. The molecule has 2 amide bonds. The van der Waals surface area contributed by atoms with Gasteiger partial charge in [-0.25, -0.2) is 0 Å². The molecule has 126 valence electrons. The molecule has 1 aromatic carbocycles. The summed E-state index contributed by atoms with van der Waals surface area (Å²) in [5.41, 5.74) is 2.54. The van der Waals surface area contributed by atoms with E-state index in [-0.39, 0.29) is 11.8 Å². The normalized spacial score (nSPS) is 14.5. The minimum Gasteiger partial charge on any atom is -0.336 e. The van der Waals surface area contributed by atoms with E-state index in [0.29, 0.717) is 23.7 Å². The summed E-state index contributed by atoms with van der Waals surface area (Å²) in [6.07, 6.45) is 0. The second-order valence-corrected chi connectivity index (χ2v) is 7.05. The number of nitrogens with one attached hydrogen (secondary N) is 2. The Balaban J connectivity index is 2.09. The first-order chi connectivity index (χ1) is 11.6. The third kappa shape index (κ3) is 3.34. The van der Waals surface area contributed by atoms with E-state index in [1.807, 2.05) is 42.2 Å². The monoisotopic (exact) mass is 343 g/mol. The van der Waals surface area contributed by atoms with Gasteiger partial charge in [0.25, 0.3) is 5.91 Å². The van der Waals surface area contributed by atoms with Crippen LogP contribution in [0.2, 0.25) is 0 Å². The van der Waals surface area contributed by atoms with E-state index in [9.17, 15) is 9.59 Å². The molecular weight excluding hydrogens is 322 g/mol. The Kier molecular flexibility index (Phi) is 4.97. The van der Waals surface area contributed by atoms with E-state index in [1.54, 1.807) is 0 Å². The number of hydrogen-bond donors (Lipinski definition) is 2. The molecular formula is C18H21N3O2S. The number of aryl methyl sites for hydroxylation is 1. The fraction of sp³-hybridized carbons (Fsp3) is 0.333. The van der Waals surface area contributed by atoms with Crippen molar-refractivity contribution in [3.63, 3.8) is 0 Å². The van der Waals surface area contributed by atoms with Crippen molar-refractivity contribution in [1.29, 1.82) is 0 Å². The third-order valence-corrected chi connectivity index (χ3v) is 5.07. The van der Waals surface area contributed by atoms with E-state index in [1.165, 1.54) is 18.3 Å². The summed E-state index contributed by atoms with van der Waals surface area (Å²) in [5, 5.41) is 6.74. The Morgan fingerprint density at radius 1 is 1.17 bits per heavy atom. The van der Waals surface area contributed by atoms with Crippen molar-refractivity contribution in [3.8, 4) is 11.1 Å². The molecule has 0 radical (unpaired) electrons. The van der Waals surface area contributed by atoms with Crippen LogP contribution in [0.15, 0.2) is 30.3 Å². The van der Waals surface area contributed by atoms with Crippen LogP contribution in [0.5, 0.6) is 0 Å². The Morgan fingerprint density at radius 3 is 2.46 bits per heavy atom. The Bertz CT molecular complexity index is 749. The number of nitrogens with zero attached hydrogens (tertiary/aromatic N) is 1. The van der Waals surface area contributed by atoms with Crippen LogP contribution >= 0.6 is 11.3 Å². The fourth-order valence-electron chi connectivity index (χ4n) is 2.98. The molecule has 1 saturated heterocycles. The predicted molar refractivity (Wildman–Crippen MR) is 97.6 cm³/mol. The molecule has 0 atom stereocenters. The topological polar surface area (TPSA) is 61.4 Å². The van der Waals surface area contributed by atoms with Crippen molar-refractivity contribution in [3.05, 3.63) is 40.8 Å². The van der Waals surface area contributed by atoms with Crippen molar-refractivity contribution in [2.75, 3.05) is 31.5 Å². The van der Waals surface area contributed by atoms with Gasteiger partial charge in [-0.2, -0.15) is 0 Å². The summed E-state index contributed by atoms with van der Waals surface area (Å²) in [6, 6.07) is 9.88. The summed E-state index contributed by atoms with van der Waals surface area (Å²) in [4.78, 5) is 27.6. The zero-order chi connectivity index (χ0) is 17.1.